The van der Waals surface area contributed by atoms with Crippen LogP contribution in [0.4, 0.5) is 10.1 Å². The number of carbonyl (C=O) groups excluding carboxylic acids is 1. The lowest BCUT2D eigenvalue weighted by Crippen LogP contribution is -2.15. The summed E-state index contributed by atoms with van der Waals surface area (Å²) in [6, 6.07) is 12.9. The fourth-order valence-corrected chi connectivity index (χ4v) is 3.53. The topological polar surface area (TPSA) is 78.3 Å². The van der Waals surface area contributed by atoms with Gasteiger partial charge in [-0.3, -0.25) is 9.36 Å². The number of anilines is 1. The van der Waals surface area contributed by atoms with Gasteiger partial charge in [0.05, 0.1) is 12.9 Å². The van der Waals surface area contributed by atoms with E-state index in [0.717, 1.165) is 5.75 Å². The van der Waals surface area contributed by atoms with Crippen molar-refractivity contribution < 1.29 is 18.7 Å². The molecule has 0 saturated carbocycles. The van der Waals surface area contributed by atoms with Crippen molar-refractivity contribution in [2.75, 3.05) is 18.2 Å². The van der Waals surface area contributed by atoms with E-state index in [1.807, 2.05) is 35.8 Å². The molecule has 0 aliphatic heterocycles. The first-order valence-electron chi connectivity index (χ1n) is 9.53. The molecule has 162 valence electrons. The summed E-state index contributed by atoms with van der Waals surface area (Å²) in [7, 11) is 1.61. The van der Waals surface area contributed by atoms with Crippen LogP contribution in [0.15, 0.2) is 66.3 Å². The van der Waals surface area contributed by atoms with Crippen LogP contribution in [0, 0.1) is 5.82 Å². The maximum Gasteiger partial charge on any atom is 0.234 e. The van der Waals surface area contributed by atoms with E-state index in [9.17, 15) is 9.18 Å². The molecule has 1 atom stereocenters. The molecule has 1 N–H and O–H groups in total. The van der Waals surface area contributed by atoms with Crippen LogP contribution in [-0.4, -0.2) is 33.5 Å². The summed E-state index contributed by atoms with van der Waals surface area (Å²) in [5.74, 6) is 1.58. The standard InChI is InChI=1S/C22H23FN4O3S/c1-4-13-27-21(15(2)30-19-11-9-18(29-3)10-12-19)25-26-22(27)31-14-20(28)24-17-7-5-16(23)6-8-17/h4-12,15H,1,13-14H2,2-3H3,(H,24,28). The fraction of sp³-hybridized carbons (Fsp3) is 0.227. The number of ether oxygens (including phenoxy) is 2. The van der Waals surface area contributed by atoms with Gasteiger partial charge in [-0.1, -0.05) is 17.8 Å². The average molecular weight is 443 g/mol. The van der Waals surface area contributed by atoms with E-state index in [1.165, 1.54) is 36.0 Å². The smallest absolute Gasteiger partial charge is 0.234 e. The highest BCUT2D eigenvalue weighted by molar-refractivity contribution is 7.99. The van der Waals surface area contributed by atoms with E-state index < -0.39 is 0 Å². The third-order valence-corrected chi connectivity index (χ3v) is 5.22. The Kier molecular flexibility index (Phi) is 7.66. The summed E-state index contributed by atoms with van der Waals surface area (Å²) in [6.07, 6.45) is 1.36. The summed E-state index contributed by atoms with van der Waals surface area (Å²) in [6.45, 7) is 6.14. The molecule has 9 heteroatoms. The number of methoxy groups -OCH3 is 1. The van der Waals surface area contributed by atoms with Gasteiger partial charge in [0.1, 0.15) is 17.3 Å². The van der Waals surface area contributed by atoms with Crippen molar-refractivity contribution in [1.82, 2.24) is 14.8 Å². The summed E-state index contributed by atoms with van der Waals surface area (Å²) in [5, 5.41) is 11.8. The van der Waals surface area contributed by atoms with Crippen LogP contribution < -0.4 is 14.8 Å². The molecule has 1 heterocycles. The number of aromatic nitrogens is 3. The summed E-state index contributed by atoms with van der Waals surface area (Å²) < 4.78 is 26.0. The number of nitrogens with zero attached hydrogens (tertiary/aromatic N) is 3. The van der Waals surface area contributed by atoms with E-state index in [-0.39, 0.29) is 23.6 Å². The van der Waals surface area contributed by atoms with E-state index in [2.05, 4.69) is 22.1 Å². The zero-order valence-electron chi connectivity index (χ0n) is 17.2. The molecule has 0 aliphatic carbocycles. The van der Waals surface area contributed by atoms with Gasteiger partial charge in [0.25, 0.3) is 0 Å². The average Bonchev–Trinajstić information content (AvgIpc) is 3.17. The Labute approximate surface area is 184 Å². The number of halogens is 1. The summed E-state index contributed by atoms with van der Waals surface area (Å²) in [5.41, 5.74) is 0.529. The molecule has 0 spiro atoms. The number of amides is 1. The molecule has 0 fully saturated rings. The minimum absolute atomic E-state index is 0.125. The molecule has 3 rings (SSSR count). The third-order valence-electron chi connectivity index (χ3n) is 4.25. The predicted molar refractivity (Wildman–Crippen MR) is 118 cm³/mol. The second-order valence-electron chi connectivity index (χ2n) is 6.52. The van der Waals surface area contributed by atoms with Gasteiger partial charge >= 0.3 is 0 Å². The van der Waals surface area contributed by atoms with Gasteiger partial charge in [-0.15, -0.1) is 16.8 Å². The van der Waals surface area contributed by atoms with Crippen molar-refractivity contribution >= 4 is 23.4 Å². The highest BCUT2D eigenvalue weighted by Gasteiger charge is 2.20. The first-order valence-corrected chi connectivity index (χ1v) is 10.5. The number of carbonyl (C=O) groups is 1. The second kappa shape index (κ2) is 10.6. The molecule has 1 aromatic heterocycles. The van der Waals surface area contributed by atoms with E-state index >= 15 is 0 Å². The van der Waals surface area contributed by atoms with Crippen LogP contribution >= 0.6 is 11.8 Å². The largest absolute Gasteiger partial charge is 0.497 e. The fourth-order valence-electron chi connectivity index (χ4n) is 2.78. The minimum Gasteiger partial charge on any atom is -0.497 e. The molecular weight excluding hydrogens is 419 g/mol. The Hall–Kier alpha value is -3.33. The summed E-state index contributed by atoms with van der Waals surface area (Å²) >= 11 is 1.25. The first-order chi connectivity index (χ1) is 15.0. The number of hydrogen-bond acceptors (Lipinski definition) is 6. The predicted octanol–water partition coefficient (Wildman–Crippen LogP) is 4.48. The number of hydrogen-bond donors (Lipinski definition) is 1. The molecule has 31 heavy (non-hydrogen) atoms. The molecule has 7 nitrogen and oxygen atoms in total. The zero-order chi connectivity index (χ0) is 22.2. The highest BCUT2D eigenvalue weighted by atomic mass is 32.2. The molecule has 1 amide bonds. The van der Waals surface area contributed by atoms with Gasteiger partial charge in [-0.2, -0.15) is 0 Å². The monoisotopic (exact) mass is 442 g/mol. The molecule has 2 aromatic carbocycles. The van der Waals surface area contributed by atoms with Crippen LogP contribution in [0.3, 0.4) is 0 Å². The van der Waals surface area contributed by atoms with E-state index in [4.69, 9.17) is 9.47 Å². The van der Waals surface area contributed by atoms with Gasteiger partial charge in [-0.25, -0.2) is 4.39 Å². The van der Waals surface area contributed by atoms with Crippen molar-refractivity contribution in [1.29, 1.82) is 0 Å². The lowest BCUT2D eigenvalue weighted by Gasteiger charge is -2.16. The van der Waals surface area contributed by atoms with Gasteiger partial charge in [0, 0.05) is 12.2 Å². The lowest BCUT2D eigenvalue weighted by atomic mass is 10.3. The number of benzene rings is 2. The molecule has 0 radical (unpaired) electrons. The van der Waals surface area contributed by atoms with E-state index in [1.54, 1.807) is 13.2 Å². The Morgan fingerprint density at radius 2 is 1.87 bits per heavy atom. The van der Waals surface area contributed by atoms with Crippen LogP contribution in [-0.2, 0) is 11.3 Å². The van der Waals surface area contributed by atoms with Crippen molar-refractivity contribution in [2.45, 2.75) is 24.7 Å². The number of nitrogens with one attached hydrogen (secondary N) is 1. The third kappa shape index (κ3) is 6.08. The van der Waals surface area contributed by atoms with Crippen molar-refractivity contribution in [3.05, 3.63) is 72.8 Å². The lowest BCUT2D eigenvalue weighted by molar-refractivity contribution is -0.113. The van der Waals surface area contributed by atoms with Crippen molar-refractivity contribution in [3.8, 4) is 11.5 Å². The Morgan fingerprint density at radius 1 is 1.19 bits per heavy atom. The zero-order valence-corrected chi connectivity index (χ0v) is 18.1. The van der Waals surface area contributed by atoms with Gasteiger partial charge in [0.2, 0.25) is 5.91 Å². The van der Waals surface area contributed by atoms with Crippen molar-refractivity contribution in [3.63, 3.8) is 0 Å². The number of thioether (sulfide) groups is 1. The maximum atomic E-state index is 13.0. The van der Waals surface area contributed by atoms with Crippen molar-refractivity contribution in [2.24, 2.45) is 0 Å². The normalized spacial score (nSPS) is 11.6. The van der Waals surface area contributed by atoms with Gasteiger partial charge in [0.15, 0.2) is 17.1 Å². The Bertz CT molecular complexity index is 1020. The van der Waals surface area contributed by atoms with Crippen LogP contribution in [0.25, 0.3) is 0 Å². The highest BCUT2D eigenvalue weighted by Crippen LogP contribution is 2.26. The molecule has 1 unspecified atom stereocenters. The second-order valence-corrected chi connectivity index (χ2v) is 7.46. The van der Waals surface area contributed by atoms with Gasteiger partial charge in [-0.05, 0) is 55.5 Å². The molecule has 3 aromatic rings. The summed E-state index contributed by atoms with van der Waals surface area (Å²) in [4.78, 5) is 12.2. The molecule has 0 saturated heterocycles. The number of rotatable bonds is 10. The SMILES string of the molecule is C=CCn1c(SCC(=O)Nc2ccc(F)cc2)nnc1C(C)Oc1ccc(OC)cc1. The van der Waals surface area contributed by atoms with Crippen LogP contribution in [0.5, 0.6) is 11.5 Å². The quantitative estimate of drug-likeness (QED) is 0.368. The maximum absolute atomic E-state index is 13.0. The Balaban J connectivity index is 1.65. The van der Waals surface area contributed by atoms with Gasteiger partial charge < -0.3 is 14.8 Å². The Morgan fingerprint density at radius 3 is 2.52 bits per heavy atom. The first kappa shape index (κ1) is 22.4. The van der Waals surface area contributed by atoms with Crippen LogP contribution in [0.2, 0.25) is 0 Å². The minimum atomic E-state index is -0.372. The number of allylic oxidation sites excluding steroid dienone is 1. The molecule has 0 aliphatic rings. The molecule has 0 bridgehead atoms. The van der Waals surface area contributed by atoms with E-state index in [0.29, 0.717) is 29.0 Å². The molecular formula is C22H23FN4O3S. The van der Waals surface area contributed by atoms with Crippen LogP contribution in [0.1, 0.15) is 18.9 Å².